The van der Waals surface area contributed by atoms with Crippen molar-refractivity contribution < 1.29 is 9.59 Å². The summed E-state index contributed by atoms with van der Waals surface area (Å²) >= 11 is 0. The Hall–Kier alpha value is -2.63. The Labute approximate surface area is 197 Å². The van der Waals surface area contributed by atoms with Crippen molar-refractivity contribution >= 4 is 17.5 Å². The summed E-state index contributed by atoms with van der Waals surface area (Å²) in [5.74, 6) is -0.273. The topological polar surface area (TPSA) is 67.2 Å². The van der Waals surface area contributed by atoms with Crippen LogP contribution in [0.1, 0.15) is 93.5 Å². The highest BCUT2D eigenvalue weighted by atomic mass is 16.2. The Morgan fingerprint density at radius 1 is 1.06 bits per heavy atom. The van der Waals surface area contributed by atoms with E-state index in [1.807, 2.05) is 38.1 Å². The molecule has 4 rings (SSSR count). The molecule has 0 unspecified atom stereocenters. The summed E-state index contributed by atoms with van der Waals surface area (Å²) in [4.78, 5) is 29.5. The molecule has 0 bridgehead atoms. The van der Waals surface area contributed by atoms with Gasteiger partial charge in [0.2, 0.25) is 5.91 Å². The maximum absolute atomic E-state index is 13.9. The number of fused-ring (bicyclic) bond motifs is 1. The number of rotatable bonds is 3. The van der Waals surface area contributed by atoms with Gasteiger partial charge in [-0.25, -0.2) is 0 Å². The lowest BCUT2D eigenvalue weighted by Crippen LogP contribution is -2.65. The van der Waals surface area contributed by atoms with Gasteiger partial charge in [-0.3, -0.25) is 19.2 Å². The van der Waals surface area contributed by atoms with Crippen molar-refractivity contribution in [1.82, 2.24) is 15.1 Å². The van der Waals surface area contributed by atoms with E-state index in [4.69, 9.17) is 5.10 Å². The van der Waals surface area contributed by atoms with E-state index in [-0.39, 0.29) is 23.3 Å². The predicted octanol–water partition coefficient (Wildman–Crippen LogP) is 5.06. The van der Waals surface area contributed by atoms with Gasteiger partial charge in [-0.2, -0.15) is 5.10 Å². The molecule has 33 heavy (non-hydrogen) atoms. The lowest BCUT2D eigenvalue weighted by Gasteiger charge is -2.44. The number of anilines is 1. The van der Waals surface area contributed by atoms with Gasteiger partial charge in [0.05, 0.1) is 12.2 Å². The maximum Gasteiger partial charge on any atom is 0.277 e. The van der Waals surface area contributed by atoms with Crippen LogP contribution in [0.4, 0.5) is 5.69 Å². The highest BCUT2D eigenvalue weighted by Crippen LogP contribution is 2.35. The smallest absolute Gasteiger partial charge is 0.277 e. The van der Waals surface area contributed by atoms with E-state index in [1.54, 1.807) is 9.58 Å². The van der Waals surface area contributed by atoms with Gasteiger partial charge in [0, 0.05) is 17.1 Å². The zero-order valence-corrected chi connectivity index (χ0v) is 21.0. The SMILES string of the molecule is Cc1ccc(N2C(=O)c3cc(C(C)(C)C)nn3C[C@@]2(C)C(=O)NC2CCCCCC2)cc1C. The van der Waals surface area contributed by atoms with E-state index in [2.05, 4.69) is 33.0 Å². The Morgan fingerprint density at radius 2 is 1.73 bits per heavy atom. The fraction of sp³-hybridized carbons (Fsp3) is 0.593. The van der Waals surface area contributed by atoms with Crippen LogP contribution in [0, 0.1) is 13.8 Å². The van der Waals surface area contributed by atoms with Crippen LogP contribution in [0.25, 0.3) is 0 Å². The summed E-state index contributed by atoms with van der Waals surface area (Å²) in [5, 5.41) is 8.07. The fourth-order valence-electron chi connectivity index (χ4n) is 4.98. The van der Waals surface area contributed by atoms with Crippen molar-refractivity contribution in [1.29, 1.82) is 0 Å². The molecule has 6 heteroatoms. The molecule has 2 heterocycles. The van der Waals surface area contributed by atoms with Gasteiger partial charge in [0.1, 0.15) is 11.2 Å². The molecule has 6 nitrogen and oxygen atoms in total. The summed E-state index contributed by atoms with van der Waals surface area (Å²) in [7, 11) is 0. The van der Waals surface area contributed by atoms with Crippen LogP contribution in [0.2, 0.25) is 0 Å². The van der Waals surface area contributed by atoms with E-state index in [0.717, 1.165) is 48.2 Å². The first-order valence-electron chi connectivity index (χ1n) is 12.3. The molecule has 1 N–H and O–H groups in total. The Bertz CT molecular complexity index is 1060. The lowest BCUT2D eigenvalue weighted by atomic mass is 9.91. The minimum atomic E-state index is -1.07. The Morgan fingerprint density at radius 3 is 2.33 bits per heavy atom. The summed E-state index contributed by atoms with van der Waals surface area (Å²) in [6.45, 7) is 12.6. The number of hydrogen-bond acceptors (Lipinski definition) is 3. The number of carbonyl (C=O) groups excluding carboxylic acids is 2. The number of amides is 2. The third kappa shape index (κ3) is 4.44. The molecule has 2 aliphatic rings. The molecule has 1 aromatic heterocycles. The van der Waals surface area contributed by atoms with Crippen LogP contribution < -0.4 is 10.2 Å². The molecule has 1 aliphatic carbocycles. The standard InChI is InChI=1S/C27H38N4O2/c1-18-13-14-21(15-19(18)2)31-24(32)22-16-23(26(3,4)5)29-30(22)17-27(31,6)25(33)28-20-11-9-7-8-10-12-20/h13-16,20H,7-12,17H2,1-6H3,(H,28,33)/t27-/m0/s1. The predicted molar refractivity (Wildman–Crippen MR) is 132 cm³/mol. The fourth-order valence-corrected chi connectivity index (χ4v) is 4.98. The Balaban J connectivity index is 1.77. The zero-order valence-electron chi connectivity index (χ0n) is 21.0. The normalized spacial score (nSPS) is 22.1. The number of benzene rings is 1. The first-order valence-corrected chi connectivity index (χ1v) is 12.3. The molecule has 1 aromatic carbocycles. The molecule has 1 atom stereocenters. The van der Waals surface area contributed by atoms with Gasteiger partial charge in [0.15, 0.2) is 0 Å². The number of aromatic nitrogens is 2. The number of aryl methyl sites for hydroxylation is 2. The second kappa shape index (κ2) is 8.62. The number of nitrogens with zero attached hydrogens (tertiary/aromatic N) is 3. The van der Waals surface area contributed by atoms with Crippen molar-refractivity contribution in [2.75, 3.05) is 4.90 Å². The molecule has 1 saturated carbocycles. The minimum absolute atomic E-state index is 0.0977. The maximum atomic E-state index is 13.9. The third-order valence-electron chi connectivity index (χ3n) is 7.35. The molecule has 1 fully saturated rings. The van der Waals surface area contributed by atoms with Crippen molar-refractivity contribution in [3.63, 3.8) is 0 Å². The highest BCUT2D eigenvalue weighted by molar-refractivity contribution is 6.12. The van der Waals surface area contributed by atoms with Crippen molar-refractivity contribution in [2.24, 2.45) is 0 Å². The molecule has 1 aliphatic heterocycles. The second-order valence-corrected chi connectivity index (χ2v) is 11.2. The molecule has 0 radical (unpaired) electrons. The molecule has 2 aromatic rings. The number of nitrogens with one attached hydrogen (secondary N) is 1. The zero-order chi connectivity index (χ0) is 24.0. The quantitative estimate of drug-likeness (QED) is 0.665. The lowest BCUT2D eigenvalue weighted by molar-refractivity contribution is -0.127. The first-order chi connectivity index (χ1) is 15.5. The van der Waals surface area contributed by atoms with E-state index in [1.165, 1.54) is 12.8 Å². The summed E-state index contributed by atoms with van der Waals surface area (Å²) in [5.41, 5.74) is 3.16. The number of carbonyl (C=O) groups is 2. The van der Waals surface area contributed by atoms with E-state index < -0.39 is 5.54 Å². The van der Waals surface area contributed by atoms with E-state index >= 15 is 0 Å². The molecule has 178 valence electrons. The van der Waals surface area contributed by atoms with Crippen LogP contribution in [-0.4, -0.2) is 33.2 Å². The van der Waals surface area contributed by atoms with Gasteiger partial charge in [-0.05, 0) is 62.9 Å². The van der Waals surface area contributed by atoms with Crippen LogP contribution >= 0.6 is 0 Å². The van der Waals surface area contributed by atoms with Crippen molar-refractivity contribution in [3.8, 4) is 0 Å². The van der Waals surface area contributed by atoms with E-state index in [0.29, 0.717) is 12.2 Å². The summed E-state index contributed by atoms with van der Waals surface area (Å²) in [6.07, 6.45) is 6.73. The molecular formula is C27H38N4O2. The average molecular weight is 451 g/mol. The molecule has 2 amide bonds. The van der Waals surface area contributed by atoms with E-state index in [9.17, 15) is 9.59 Å². The largest absolute Gasteiger partial charge is 0.351 e. The molecule has 0 saturated heterocycles. The second-order valence-electron chi connectivity index (χ2n) is 11.2. The van der Waals surface area contributed by atoms with Crippen molar-refractivity contribution in [3.05, 3.63) is 46.8 Å². The van der Waals surface area contributed by atoms with Crippen LogP contribution in [0.5, 0.6) is 0 Å². The van der Waals surface area contributed by atoms with Gasteiger partial charge in [-0.1, -0.05) is 52.5 Å². The molecular weight excluding hydrogens is 412 g/mol. The highest BCUT2D eigenvalue weighted by Gasteiger charge is 2.49. The van der Waals surface area contributed by atoms with Gasteiger partial charge in [0.25, 0.3) is 5.91 Å². The average Bonchev–Trinajstić information content (AvgIpc) is 3.01. The van der Waals surface area contributed by atoms with Gasteiger partial charge in [-0.15, -0.1) is 0 Å². The monoisotopic (exact) mass is 450 g/mol. The summed E-state index contributed by atoms with van der Waals surface area (Å²) < 4.78 is 1.74. The van der Waals surface area contributed by atoms with Gasteiger partial charge < -0.3 is 5.32 Å². The number of hydrogen-bond donors (Lipinski definition) is 1. The minimum Gasteiger partial charge on any atom is -0.351 e. The first kappa shape index (κ1) is 23.5. The summed E-state index contributed by atoms with van der Waals surface area (Å²) in [6, 6.07) is 8.04. The van der Waals surface area contributed by atoms with Gasteiger partial charge >= 0.3 is 0 Å². The van der Waals surface area contributed by atoms with Crippen LogP contribution in [0.15, 0.2) is 24.3 Å². The van der Waals surface area contributed by atoms with Crippen molar-refractivity contribution in [2.45, 2.75) is 104 Å². The molecule has 0 spiro atoms. The third-order valence-corrected chi connectivity index (χ3v) is 7.35. The Kier molecular flexibility index (Phi) is 6.14. The van der Waals surface area contributed by atoms with Crippen LogP contribution in [0.3, 0.4) is 0 Å². The van der Waals surface area contributed by atoms with Crippen LogP contribution in [-0.2, 0) is 16.8 Å².